The Bertz CT molecular complexity index is 339. The van der Waals surface area contributed by atoms with E-state index >= 15 is 0 Å². The summed E-state index contributed by atoms with van der Waals surface area (Å²) in [6.45, 7) is 11.9. The van der Waals surface area contributed by atoms with Gasteiger partial charge in [0, 0.05) is 45.3 Å². The predicted molar refractivity (Wildman–Crippen MR) is 77.7 cm³/mol. The molecule has 0 aliphatic carbocycles. The molecule has 1 atom stereocenters. The van der Waals surface area contributed by atoms with Gasteiger partial charge < -0.3 is 14.9 Å². The maximum absolute atomic E-state index is 12.4. The largest absolute Gasteiger partial charge is 0.481 e. The highest BCUT2D eigenvalue weighted by atomic mass is 16.4. The minimum atomic E-state index is -0.860. The third-order valence-electron chi connectivity index (χ3n) is 3.88. The van der Waals surface area contributed by atoms with Crippen LogP contribution in [0.5, 0.6) is 0 Å². The first-order valence-corrected chi connectivity index (χ1v) is 7.37. The summed E-state index contributed by atoms with van der Waals surface area (Å²) in [5.41, 5.74) is 0. The van der Waals surface area contributed by atoms with Gasteiger partial charge in [-0.3, -0.25) is 9.69 Å². The predicted octanol–water partition coefficient (Wildman–Crippen LogP) is 1.17. The minimum Gasteiger partial charge on any atom is -0.481 e. The number of carbonyl (C=O) groups is 2. The second-order valence-electron chi connectivity index (χ2n) is 5.68. The average molecular weight is 285 g/mol. The summed E-state index contributed by atoms with van der Waals surface area (Å²) in [5, 5.41) is 8.96. The zero-order valence-corrected chi connectivity index (χ0v) is 13.0. The van der Waals surface area contributed by atoms with Gasteiger partial charge in [-0.1, -0.05) is 6.92 Å². The minimum absolute atomic E-state index is 0.0380. The Morgan fingerprint density at radius 2 is 1.70 bits per heavy atom. The lowest BCUT2D eigenvalue weighted by Crippen LogP contribution is -2.54. The molecule has 0 saturated carbocycles. The molecule has 1 aliphatic heterocycles. The van der Waals surface area contributed by atoms with Crippen LogP contribution in [-0.2, 0) is 4.79 Å². The monoisotopic (exact) mass is 285 g/mol. The number of carboxylic acids is 1. The highest BCUT2D eigenvalue weighted by Crippen LogP contribution is 2.10. The van der Waals surface area contributed by atoms with Crippen LogP contribution in [0.3, 0.4) is 0 Å². The molecule has 116 valence electrons. The highest BCUT2D eigenvalue weighted by molar-refractivity contribution is 5.76. The van der Waals surface area contributed by atoms with E-state index in [0.29, 0.717) is 12.6 Å². The van der Waals surface area contributed by atoms with E-state index in [2.05, 4.69) is 18.7 Å². The van der Waals surface area contributed by atoms with Crippen molar-refractivity contribution in [1.82, 2.24) is 14.7 Å². The van der Waals surface area contributed by atoms with Crippen LogP contribution in [0.1, 0.15) is 27.7 Å². The Hall–Kier alpha value is -1.30. The Kier molecular flexibility index (Phi) is 6.26. The summed E-state index contributed by atoms with van der Waals surface area (Å²) in [5.74, 6) is -1.39. The molecule has 1 heterocycles. The Morgan fingerprint density at radius 3 is 2.10 bits per heavy atom. The van der Waals surface area contributed by atoms with E-state index in [1.165, 1.54) is 0 Å². The molecule has 0 bridgehead atoms. The lowest BCUT2D eigenvalue weighted by atomic mass is 10.1. The van der Waals surface area contributed by atoms with Crippen molar-refractivity contribution in [1.29, 1.82) is 0 Å². The van der Waals surface area contributed by atoms with Crippen molar-refractivity contribution in [3.63, 3.8) is 0 Å². The molecular weight excluding hydrogens is 258 g/mol. The molecule has 1 rings (SSSR count). The third kappa shape index (κ3) is 4.37. The van der Waals surface area contributed by atoms with Gasteiger partial charge in [0.05, 0.1) is 5.92 Å². The summed E-state index contributed by atoms with van der Waals surface area (Å²) in [6.07, 6.45) is 0. The summed E-state index contributed by atoms with van der Waals surface area (Å²) in [7, 11) is 0. The molecule has 0 radical (unpaired) electrons. The first-order valence-electron chi connectivity index (χ1n) is 7.37. The van der Waals surface area contributed by atoms with Gasteiger partial charge in [-0.15, -0.1) is 0 Å². The molecule has 1 unspecified atom stereocenters. The van der Waals surface area contributed by atoms with Gasteiger partial charge in [0.2, 0.25) is 0 Å². The molecular formula is C14H27N3O3. The van der Waals surface area contributed by atoms with Gasteiger partial charge in [-0.25, -0.2) is 4.79 Å². The number of nitrogens with zero attached hydrogens (tertiary/aromatic N) is 3. The number of carbonyl (C=O) groups excluding carboxylic acids is 1. The fourth-order valence-electron chi connectivity index (χ4n) is 2.38. The Balaban J connectivity index is 2.53. The number of urea groups is 1. The van der Waals surface area contributed by atoms with Crippen molar-refractivity contribution in [2.75, 3.05) is 39.3 Å². The topological polar surface area (TPSA) is 64.1 Å². The van der Waals surface area contributed by atoms with Crippen molar-refractivity contribution in [3.05, 3.63) is 0 Å². The molecule has 6 heteroatoms. The normalized spacial score (nSPS) is 18.1. The quantitative estimate of drug-likeness (QED) is 0.823. The van der Waals surface area contributed by atoms with E-state index in [9.17, 15) is 9.59 Å². The maximum Gasteiger partial charge on any atom is 0.320 e. The van der Waals surface area contributed by atoms with E-state index in [1.807, 2.05) is 11.8 Å². The SMILES string of the molecule is CCN(CC(C)C(=O)O)C(=O)N1CCN(C(C)C)CC1. The molecule has 1 N–H and O–H groups in total. The van der Waals surface area contributed by atoms with E-state index in [0.717, 1.165) is 26.2 Å². The molecule has 1 saturated heterocycles. The van der Waals surface area contributed by atoms with Crippen molar-refractivity contribution >= 4 is 12.0 Å². The number of hydrogen-bond donors (Lipinski definition) is 1. The molecule has 0 aromatic rings. The van der Waals surface area contributed by atoms with Crippen LogP contribution < -0.4 is 0 Å². The number of aliphatic carboxylic acids is 1. The van der Waals surface area contributed by atoms with Crippen molar-refractivity contribution in [3.8, 4) is 0 Å². The fourth-order valence-corrected chi connectivity index (χ4v) is 2.38. The molecule has 20 heavy (non-hydrogen) atoms. The number of rotatable bonds is 5. The second kappa shape index (κ2) is 7.47. The van der Waals surface area contributed by atoms with Gasteiger partial charge in [-0.05, 0) is 20.8 Å². The van der Waals surface area contributed by atoms with Gasteiger partial charge in [0.25, 0.3) is 0 Å². The summed E-state index contributed by atoms with van der Waals surface area (Å²) >= 11 is 0. The third-order valence-corrected chi connectivity index (χ3v) is 3.88. The number of piperazine rings is 1. The van der Waals surface area contributed by atoms with Crippen LogP contribution in [0.2, 0.25) is 0 Å². The Morgan fingerprint density at radius 1 is 1.15 bits per heavy atom. The van der Waals surface area contributed by atoms with Crippen molar-refractivity contribution < 1.29 is 14.7 Å². The molecule has 6 nitrogen and oxygen atoms in total. The molecule has 1 fully saturated rings. The van der Waals surface area contributed by atoms with Crippen LogP contribution in [0.25, 0.3) is 0 Å². The zero-order valence-electron chi connectivity index (χ0n) is 13.0. The summed E-state index contributed by atoms with van der Waals surface area (Å²) in [4.78, 5) is 29.1. The van der Waals surface area contributed by atoms with Gasteiger partial charge in [-0.2, -0.15) is 0 Å². The first kappa shape index (κ1) is 16.8. The van der Waals surface area contributed by atoms with Crippen molar-refractivity contribution in [2.24, 2.45) is 5.92 Å². The van der Waals surface area contributed by atoms with E-state index < -0.39 is 11.9 Å². The standard InChI is InChI=1S/C14H27N3O3/c1-5-15(10-12(4)13(18)19)14(20)17-8-6-16(7-9-17)11(2)3/h11-12H,5-10H2,1-4H3,(H,18,19). The molecule has 1 aliphatic rings. The van der Waals surface area contributed by atoms with E-state index in [4.69, 9.17) is 5.11 Å². The van der Waals surface area contributed by atoms with Crippen LogP contribution in [0.4, 0.5) is 4.79 Å². The van der Waals surface area contributed by atoms with E-state index in [1.54, 1.807) is 11.8 Å². The first-order chi connectivity index (χ1) is 9.36. The van der Waals surface area contributed by atoms with Crippen LogP contribution in [0.15, 0.2) is 0 Å². The van der Waals surface area contributed by atoms with Gasteiger partial charge >= 0.3 is 12.0 Å². The smallest absolute Gasteiger partial charge is 0.320 e. The van der Waals surface area contributed by atoms with Crippen molar-refractivity contribution in [2.45, 2.75) is 33.7 Å². The number of carboxylic acid groups (broad SMARTS) is 1. The zero-order chi connectivity index (χ0) is 15.3. The van der Waals surface area contributed by atoms with Gasteiger partial charge in [0.1, 0.15) is 0 Å². The summed E-state index contributed by atoms with van der Waals surface area (Å²) < 4.78 is 0. The molecule has 0 spiro atoms. The summed E-state index contributed by atoms with van der Waals surface area (Å²) in [6, 6.07) is 0.463. The molecule has 2 amide bonds. The van der Waals surface area contributed by atoms with Crippen LogP contribution >= 0.6 is 0 Å². The average Bonchev–Trinajstić information content (AvgIpc) is 2.43. The van der Waals surface area contributed by atoms with Crippen LogP contribution in [-0.4, -0.2) is 77.1 Å². The number of amides is 2. The van der Waals surface area contributed by atoms with Crippen LogP contribution in [0, 0.1) is 5.92 Å². The highest BCUT2D eigenvalue weighted by Gasteiger charge is 2.27. The number of hydrogen-bond acceptors (Lipinski definition) is 3. The second-order valence-corrected chi connectivity index (χ2v) is 5.68. The lowest BCUT2D eigenvalue weighted by Gasteiger charge is -2.39. The van der Waals surface area contributed by atoms with E-state index in [-0.39, 0.29) is 12.6 Å². The Labute approximate surface area is 121 Å². The molecule has 0 aromatic carbocycles. The fraction of sp³-hybridized carbons (Fsp3) is 0.857. The maximum atomic E-state index is 12.4. The molecule has 0 aromatic heterocycles. The van der Waals surface area contributed by atoms with Gasteiger partial charge in [0.15, 0.2) is 0 Å². The lowest BCUT2D eigenvalue weighted by molar-refractivity contribution is -0.141.